The number of carbonyl (C=O) groups is 1. The first-order chi connectivity index (χ1) is 9.79. The van der Waals surface area contributed by atoms with E-state index in [9.17, 15) is 4.79 Å². The zero-order valence-corrected chi connectivity index (χ0v) is 12.0. The quantitative estimate of drug-likeness (QED) is 0.796. The number of carbonyl (C=O) groups excluding carboxylic acids is 1. The van der Waals surface area contributed by atoms with Gasteiger partial charge in [0.15, 0.2) is 0 Å². The van der Waals surface area contributed by atoms with E-state index in [1.54, 1.807) is 24.6 Å². The van der Waals surface area contributed by atoms with Crippen molar-refractivity contribution in [1.82, 2.24) is 4.98 Å². The van der Waals surface area contributed by atoms with Crippen LogP contribution in [0.3, 0.4) is 0 Å². The first-order valence-corrected chi connectivity index (χ1v) is 7.04. The molecular formula is C14H16N2O3S. The van der Waals surface area contributed by atoms with E-state index in [1.165, 1.54) is 0 Å². The molecule has 0 unspecified atom stereocenters. The molecule has 0 saturated carbocycles. The van der Waals surface area contributed by atoms with Gasteiger partial charge < -0.3 is 14.8 Å². The number of anilines is 1. The molecule has 0 spiro atoms. The van der Waals surface area contributed by atoms with Gasteiger partial charge in [-0.3, -0.25) is 4.79 Å². The van der Waals surface area contributed by atoms with E-state index in [1.807, 2.05) is 29.6 Å². The molecule has 0 radical (unpaired) electrons. The molecule has 0 atom stereocenters. The number of benzene rings is 1. The summed E-state index contributed by atoms with van der Waals surface area (Å²) in [5.74, 6) is -0.183. The average Bonchev–Trinajstić information content (AvgIpc) is 2.98. The van der Waals surface area contributed by atoms with Crippen molar-refractivity contribution in [2.24, 2.45) is 0 Å². The molecule has 1 aromatic heterocycles. The van der Waals surface area contributed by atoms with E-state index in [0.29, 0.717) is 13.2 Å². The maximum atomic E-state index is 11.7. The lowest BCUT2D eigenvalue weighted by atomic mass is 10.2. The summed E-state index contributed by atoms with van der Waals surface area (Å²) in [6.07, 6.45) is 1.76. The molecule has 1 amide bonds. The van der Waals surface area contributed by atoms with E-state index in [-0.39, 0.29) is 12.5 Å². The van der Waals surface area contributed by atoms with Gasteiger partial charge in [-0.1, -0.05) is 12.1 Å². The smallest absolute Gasteiger partial charge is 0.250 e. The number of aromatic nitrogens is 1. The summed E-state index contributed by atoms with van der Waals surface area (Å²) in [5.41, 5.74) is 1.72. The second kappa shape index (κ2) is 7.74. The highest BCUT2D eigenvalue weighted by molar-refractivity contribution is 7.13. The number of methoxy groups -OCH3 is 1. The fourth-order valence-corrected chi connectivity index (χ4v) is 2.24. The lowest BCUT2D eigenvalue weighted by molar-refractivity contribution is -0.121. The van der Waals surface area contributed by atoms with Gasteiger partial charge in [-0.25, -0.2) is 4.98 Å². The van der Waals surface area contributed by atoms with Crippen LogP contribution >= 0.6 is 11.3 Å². The zero-order valence-electron chi connectivity index (χ0n) is 11.2. The highest BCUT2D eigenvalue weighted by atomic mass is 32.1. The van der Waals surface area contributed by atoms with Crippen molar-refractivity contribution in [1.29, 1.82) is 0 Å². The van der Waals surface area contributed by atoms with Crippen LogP contribution in [0.5, 0.6) is 0 Å². The number of ether oxygens (including phenoxy) is 2. The third-order valence-electron chi connectivity index (χ3n) is 2.49. The first kappa shape index (κ1) is 14.6. The van der Waals surface area contributed by atoms with Gasteiger partial charge in [-0.2, -0.15) is 0 Å². The van der Waals surface area contributed by atoms with Crippen molar-refractivity contribution in [3.05, 3.63) is 35.8 Å². The highest BCUT2D eigenvalue weighted by Crippen LogP contribution is 2.24. The van der Waals surface area contributed by atoms with E-state index in [4.69, 9.17) is 9.47 Å². The van der Waals surface area contributed by atoms with E-state index in [2.05, 4.69) is 10.3 Å². The fraction of sp³-hybridized carbons (Fsp3) is 0.286. The van der Waals surface area contributed by atoms with Crippen LogP contribution in [0.15, 0.2) is 35.8 Å². The predicted octanol–water partition coefficient (Wildman–Crippen LogP) is 2.41. The van der Waals surface area contributed by atoms with Gasteiger partial charge in [-0.05, 0) is 12.1 Å². The van der Waals surface area contributed by atoms with Crippen LogP contribution < -0.4 is 5.32 Å². The molecule has 0 aliphatic rings. The Bertz CT molecular complexity index is 543. The van der Waals surface area contributed by atoms with Gasteiger partial charge >= 0.3 is 0 Å². The Hall–Kier alpha value is -1.76. The SMILES string of the molecule is COCCOCC(=O)Nc1cccc(-c2nccs2)c1. The summed E-state index contributed by atoms with van der Waals surface area (Å²) in [6, 6.07) is 7.58. The third-order valence-corrected chi connectivity index (χ3v) is 3.31. The second-order valence-corrected chi connectivity index (χ2v) is 4.91. The van der Waals surface area contributed by atoms with Crippen molar-refractivity contribution >= 4 is 22.9 Å². The molecule has 106 valence electrons. The van der Waals surface area contributed by atoms with Crippen LogP contribution in [0.25, 0.3) is 10.6 Å². The standard InChI is InChI=1S/C14H16N2O3S/c1-18-6-7-19-10-13(17)16-12-4-2-3-11(9-12)14-15-5-8-20-14/h2-5,8-9H,6-7,10H2,1H3,(H,16,17). The third kappa shape index (κ3) is 4.41. The number of nitrogens with zero attached hydrogens (tertiary/aromatic N) is 1. The Kier molecular flexibility index (Phi) is 5.67. The molecule has 0 fully saturated rings. The lowest BCUT2D eigenvalue weighted by Crippen LogP contribution is -2.19. The molecular weight excluding hydrogens is 276 g/mol. The van der Waals surface area contributed by atoms with Crippen LogP contribution in [0.4, 0.5) is 5.69 Å². The average molecular weight is 292 g/mol. The Balaban J connectivity index is 1.90. The predicted molar refractivity (Wildman–Crippen MR) is 78.9 cm³/mol. The van der Waals surface area contributed by atoms with Crippen LogP contribution in [-0.2, 0) is 14.3 Å². The summed E-state index contributed by atoms with van der Waals surface area (Å²) < 4.78 is 10.00. The normalized spacial score (nSPS) is 10.4. The fourth-order valence-electron chi connectivity index (χ4n) is 1.60. The van der Waals surface area contributed by atoms with Crippen LogP contribution in [-0.4, -0.2) is 37.8 Å². The van der Waals surface area contributed by atoms with Crippen molar-refractivity contribution in [3.8, 4) is 10.6 Å². The Morgan fingerprint density at radius 1 is 1.40 bits per heavy atom. The van der Waals surface area contributed by atoms with E-state index >= 15 is 0 Å². The largest absolute Gasteiger partial charge is 0.382 e. The summed E-state index contributed by atoms with van der Waals surface area (Å²) in [5, 5.41) is 5.64. The number of hydrogen-bond acceptors (Lipinski definition) is 5. The molecule has 1 heterocycles. The summed E-state index contributed by atoms with van der Waals surface area (Å²) in [4.78, 5) is 15.9. The number of thiazole rings is 1. The molecule has 0 bridgehead atoms. The molecule has 1 aromatic carbocycles. The minimum absolute atomic E-state index is 0.0187. The number of amides is 1. The molecule has 0 aliphatic heterocycles. The van der Waals surface area contributed by atoms with Gasteiger partial charge in [0.05, 0.1) is 13.2 Å². The molecule has 20 heavy (non-hydrogen) atoms. The Labute approximate surface area is 121 Å². The van der Waals surface area contributed by atoms with Crippen LogP contribution in [0, 0.1) is 0 Å². The van der Waals surface area contributed by atoms with Crippen molar-refractivity contribution < 1.29 is 14.3 Å². The topological polar surface area (TPSA) is 60.5 Å². The second-order valence-electron chi connectivity index (χ2n) is 4.01. The number of hydrogen-bond donors (Lipinski definition) is 1. The minimum atomic E-state index is -0.183. The van der Waals surface area contributed by atoms with Crippen LogP contribution in [0.2, 0.25) is 0 Å². The molecule has 1 N–H and O–H groups in total. The van der Waals surface area contributed by atoms with Gasteiger partial charge in [0.1, 0.15) is 11.6 Å². The van der Waals surface area contributed by atoms with Gasteiger partial charge in [0.25, 0.3) is 0 Å². The molecule has 2 rings (SSSR count). The molecule has 5 nitrogen and oxygen atoms in total. The van der Waals surface area contributed by atoms with Gasteiger partial charge in [-0.15, -0.1) is 11.3 Å². The first-order valence-electron chi connectivity index (χ1n) is 6.16. The summed E-state index contributed by atoms with van der Waals surface area (Å²) >= 11 is 1.56. The highest BCUT2D eigenvalue weighted by Gasteiger charge is 2.05. The monoisotopic (exact) mass is 292 g/mol. The van der Waals surface area contributed by atoms with E-state index in [0.717, 1.165) is 16.3 Å². The van der Waals surface area contributed by atoms with Crippen LogP contribution in [0.1, 0.15) is 0 Å². The van der Waals surface area contributed by atoms with Gasteiger partial charge in [0, 0.05) is 29.9 Å². The van der Waals surface area contributed by atoms with Crippen molar-refractivity contribution in [2.45, 2.75) is 0 Å². The Morgan fingerprint density at radius 3 is 3.05 bits per heavy atom. The summed E-state index contributed by atoms with van der Waals surface area (Å²) in [6.45, 7) is 0.903. The van der Waals surface area contributed by atoms with Crippen molar-refractivity contribution in [3.63, 3.8) is 0 Å². The number of nitrogens with one attached hydrogen (secondary N) is 1. The number of rotatable bonds is 7. The Morgan fingerprint density at radius 2 is 2.30 bits per heavy atom. The maximum absolute atomic E-state index is 11.7. The minimum Gasteiger partial charge on any atom is -0.382 e. The molecule has 6 heteroatoms. The molecule has 0 saturated heterocycles. The molecule has 2 aromatic rings. The maximum Gasteiger partial charge on any atom is 0.250 e. The molecule has 0 aliphatic carbocycles. The van der Waals surface area contributed by atoms with Crippen molar-refractivity contribution in [2.75, 3.05) is 32.2 Å². The van der Waals surface area contributed by atoms with Gasteiger partial charge in [0.2, 0.25) is 5.91 Å². The summed E-state index contributed by atoms with van der Waals surface area (Å²) in [7, 11) is 1.59. The van der Waals surface area contributed by atoms with E-state index < -0.39 is 0 Å². The lowest BCUT2D eigenvalue weighted by Gasteiger charge is -2.07. The zero-order chi connectivity index (χ0) is 14.2.